The molecule has 1 atom stereocenters. The molecule has 6 aromatic rings. The number of benzene rings is 3. The molecule has 7 rings (SSSR count). The molecule has 0 fully saturated rings. The monoisotopic (exact) mass is 551 g/mol. The van der Waals surface area contributed by atoms with Gasteiger partial charge in [-0.05, 0) is 61.0 Å². The molecule has 0 spiro atoms. The lowest BCUT2D eigenvalue weighted by Gasteiger charge is -2.15. The van der Waals surface area contributed by atoms with E-state index < -0.39 is 6.10 Å². The maximum absolute atomic E-state index is 13.9. The van der Waals surface area contributed by atoms with E-state index in [1.165, 1.54) is 14.2 Å². The molecule has 10 nitrogen and oxygen atoms in total. The summed E-state index contributed by atoms with van der Waals surface area (Å²) in [5.74, 6) is 2.42. The molecule has 0 saturated carbocycles. The predicted octanol–water partition coefficient (Wildman–Crippen LogP) is 4.42. The van der Waals surface area contributed by atoms with E-state index >= 15 is 0 Å². The number of hydrogen-bond donors (Lipinski definition) is 1. The number of hydrogen-bond acceptors (Lipinski definition) is 8. The fraction of sp³-hybridized carbons (Fsp3) is 0.194. The number of rotatable bonds is 7. The molecule has 1 N–H and O–H groups in total. The van der Waals surface area contributed by atoms with Gasteiger partial charge in [-0.3, -0.25) is 19.0 Å². The third-order valence-electron chi connectivity index (χ3n) is 7.45. The number of methoxy groups -OCH3 is 2. The van der Waals surface area contributed by atoms with Crippen molar-refractivity contribution in [3.05, 3.63) is 76.7 Å². The van der Waals surface area contributed by atoms with Crippen LogP contribution in [-0.2, 0) is 11.3 Å². The molecule has 0 bridgehead atoms. The van der Waals surface area contributed by atoms with Crippen LogP contribution < -0.4 is 34.6 Å². The molecule has 0 radical (unpaired) electrons. The second-order valence-corrected chi connectivity index (χ2v) is 9.76. The van der Waals surface area contributed by atoms with Crippen LogP contribution in [0.4, 0.5) is 0 Å². The lowest BCUT2D eigenvalue weighted by molar-refractivity contribution is -0.127. The van der Waals surface area contributed by atoms with Crippen LogP contribution in [0.2, 0.25) is 0 Å². The maximum atomic E-state index is 13.9. The van der Waals surface area contributed by atoms with Crippen LogP contribution in [0.25, 0.3) is 38.1 Å². The lowest BCUT2D eigenvalue weighted by atomic mass is 10.1. The van der Waals surface area contributed by atoms with Gasteiger partial charge in [-0.15, -0.1) is 0 Å². The molecular formula is C31H25N3O7. The molecule has 0 aliphatic carbocycles. The molecule has 3 aromatic carbocycles. The van der Waals surface area contributed by atoms with Crippen molar-refractivity contribution in [1.29, 1.82) is 0 Å². The van der Waals surface area contributed by atoms with E-state index in [0.717, 1.165) is 16.3 Å². The van der Waals surface area contributed by atoms with Crippen molar-refractivity contribution in [2.24, 2.45) is 0 Å². The average molecular weight is 552 g/mol. The normalized spacial score (nSPS) is 13.2. The number of nitrogens with zero attached hydrogens (tertiary/aromatic N) is 2. The average Bonchev–Trinajstić information content (AvgIpc) is 3.60. The van der Waals surface area contributed by atoms with Crippen molar-refractivity contribution in [3.8, 4) is 28.7 Å². The van der Waals surface area contributed by atoms with Gasteiger partial charge in [0.2, 0.25) is 6.79 Å². The molecule has 0 saturated heterocycles. The van der Waals surface area contributed by atoms with Gasteiger partial charge < -0.3 is 29.0 Å². The molecule has 206 valence electrons. The number of carbonyl (C=O) groups excluding carboxylic acids is 1. The Labute approximate surface area is 233 Å². The van der Waals surface area contributed by atoms with Gasteiger partial charge in [0.05, 0.1) is 36.2 Å². The Morgan fingerprint density at radius 1 is 1.00 bits per heavy atom. The Kier molecular flexibility index (Phi) is 5.70. The summed E-state index contributed by atoms with van der Waals surface area (Å²) in [5.41, 5.74) is 2.73. The van der Waals surface area contributed by atoms with Gasteiger partial charge in [-0.2, -0.15) is 0 Å². The maximum Gasteiger partial charge on any atom is 0.267 e. The van der Waals surface area contributed by atoms with Crippen molar-refractivity contribution >= 4 is 44.0 Å². The Hall–Kier alpha value is -5.25. The van der Waals surface area contributed by atoms with Crippen LogP contribution in [0.1, 0.15) is 12.5 Å². The van der Waals surface area contributed by atoms with Gasteiger partial charge in [0.1, 0.15) is 5.75 Å². The molecule has 1 aliphatic rings. The summed E-state index contributed by atoms with van der Waals surface area (Å²) in [6, 6.07) is 16.4. The van der Waals surface area contributed by atoms with Crippen molar-refractivity contribution in [2.45, 2.75) is 19.6 Å². The number of pyridine rings is 2. The Balaban J connectivity index is 1.23. The number of aromatic nitrogens is 2. The van der Waals surface area contributed by atoms with Crippen LogP contribution in [-0.4, -0.2) is 42.4 Å². The van der Waals surface area contributed by atoms with Gasteiger partial charge in [-0.1, -0.05) is 6.07 Å². The third kappa shape index (κ3) is 3.82. The fourth-order valence-corrected chi connectivity index (χ4v) is 5.52. The fourth-order valence-electron chi connectivity index (χ4n) is 5.52. The van der Waals surface area contributed by atoms with Crippen molar-refractivity contribution in [2.75, 3.05) is 21.0 Å². The summed E-state index contributed by atoms with van der Waals surface area (Å²) in [5, 5.41) is 5.63. The summed E-state index contributed by atoms with van der Waals surface area (Å²) in [4.78, 5) is 31.4. The first kappa shape index (κ1) is 24.8. The van der Waals surface area contributed by atoms with Crippen LogP contribution in [0.5, 0.6) is 28.7 Å². The summed E-state index contributed by atoms with van der Waals surface area (Å²) in [7, 11) is 3.05. The molecule has 3 aromatic heterocycles. The summed E-state index contributed by atoms with van der Waals surface area (Å²) < 4.78 is 29.5. The highest BCUT2D eigenvalue weighted by molar-refractivity contribution is 6.19. The summed E-state index contributed by atoms with van der Waals surface area (Å²) in [6.45, 7) is 2.21. The second-order valence-electron chi connectivity index (χ2n) is 9.76. The number of fused-ring (bicyclic) bond motifs is 6. The quantitative estimate of drug-likeness (QED) is 0.291. The number of ether oxygens (including phenoxy) is 5. The van der Waals surface area contributed by atoms with Crippen LogP contribution >= 0.6 is 0 Å². The standard InChI is InChI=1S/C31H25N3O7/c1-16(30(35)33-14-17-4-8-23-25(12-17)40-15-39-23)41-18-5-7-22-21(13-18)19-10-11-32-27-20-6-9-24(37-2)29(38-3)26(20)31(36)34(22)28(19)27/h4-13,16H,14-15H2,1-3H3,(H,33,35)/t16-/m0/s1. The van der Waals surface area contributed by atoms with Gasteiger partial charge >= 0.3 is 0 Å². The van der Waals surface area contributed by atoms with E-state index in [0.29, 0.717) is 62.6 Å². The van der Waals surface area contributed by atoms with E-state index in [9.17, 15) is 9.59 Å². The second kappa shape index (κ2) is 9.44. The van der Waals surface area contributed by atoms with Gasteiger partial charge in [0.25, 0.3) is 11.5 Å². The number of carbonyl (C=O) groups is 1. The van der Waals surface area contributed by atoms with E-state index in [-0.39, 0.29) is 18.3 Å². The van der Waals surface area contributed by atoms with Crippen LogP contribution in [0.15, 0.2) is 65.6 Å². The largest absolute Gasteiger partial charge is 0.493 e. The minimum Gasteiger partial charge on any atom is -0.493 e. The van der Waals surface area contributed by atoms with Gasteiger partial charge in [-0.25, -0.2) is 0 Å². The zero-order valence-corrected chi connectivity index (χ0v) is 22.5. The van der Waals surface area contributed by atoms with Gasteiger partial charge in [0.15, 0.2) is 29.1 Å². The van der Waals surface area contributed by atoms with E-state index in [4.69, 9.17) is 23.7 Å². The highest BCUT2D eigenvalue weighted by atomic mass is 16.7. The Morgan fingerprint density at radius 2 is 1.85 bits per heavy atom. The first-order chi connectivity index (χ1) is 20.0. The number of nitrogens with one attached hydrogen (secondary N) is 1. The van der Waals surface area contributed by atoms with Gasteiger partial charge in [0, 0.05) is 28.9 Å². The van der Waals surface area contributed by atoms with Crippen molar-refractivity contribution < 1.29 is 28.5 Å². The molecule has 41 heavy (non-hydrogen) atoms. The molecule has 0 unspecified atom stereocenters. The topological polar surface area (TPSA) is 110 Å². The molecule has 4 heterocycles. The van der Waals surface area contributed by atoms with Crippen molar-refractivity contribution in [3.63, 3.8) is 0 Å². The van der Waals surface area contributed by atoms with Crippen LogP contribution in [0, 0.1) is 0 Å². The highest BCUT2D eigenvalue weighted by Crippen LogP contribution is 2.39. The third-order valence-corrected chi connectivity index (χ3v) is 7.45. The molecule has 1 amide bonds. The Bertz CT molecular complexity index is 2050. The number of amides is 1. The molecular weight excluding hydrogens is 526 g/mol. The SMILES string of the molecule is COc1ccc2c(c1OC)c(=O)n1c3ccc(O[C@@H](C)C(=O)NCc4ccc5c(c4)OCO5)cc3c3ccnc2c31. The Morgan fingerprint density at radius 3 is 2.68 bits per heavy atom. The summed E-state index contributed by atoms with van der Waals surface area (Å²) in [6.07, 6.45) is 0.961. The van der Waals surface area contributed by atoms with E-state index in [1.54, 1.807) is 29.7 Å². The first-order valence-corrected chi connectivity index (χ1v) is 13.0. The minimum atomic E-state index is -0.759. The summed E-state index contributed by atoms with van der Waals surface area (Å²) >= 11 is 0. The molecule has 10 heteroatoms. The minimum absolute atomic E-state index is 0.195. The highest BCUT2D eigenvalue weighted by Gasteiger charge is 2.23. The zero-order chi connectivity index (χ0) is 28.2. The smallest absolute Gasteiger partial charge is 0.267 e. The first-order valence-electron chi connectivity index (χ1n) is 13.0. The predicted molar refractivity (Wildman–Crippen MR) is 153 cm³/mol. The van der Waals surface area contributed by atoms with E-state index in [1.807, 2.05) is 42.5 Å². The van der Waals surface area contributed by atoms with E-state index in [2.05, 4.69) is 10.3 Å². The van der Waals surface area contributed by atoms with Crippen LogP contribution in [0.3, 0.4) is 0 Å². The molecule has 1 aliphatic heterocycles. The zero-order valence-electron chi connectivity index (χ0n) is 22.5. The van der Waals surface area contributed by atoms with Crippen molar-refractivity contribution in [1.82, 2.24) is 14.7 Å². The lowest BCUT2D eigenvalue weighted by Crippen LogP contribution is -2.35.